The van der Waals surface area contributed by atoms with Crippen molar-refractivity contribution in [2.75, 3.05) is 17.2 Å². The van der Waals surface area contributed by atoms with Gasteiger partial charge in [0.15, 0.2) is 5.82 Å². The van der Waals surface area contributed by atoms with Gasteiger partial charge < -0.3 is 10.6 Å². The third-order valence-electron chi connectivity index (χ3n) is 3.19. The van der Waals surface area contributed by atoms with E-state index >= 15 is 0 Å². The summed E-state index contributed by atoms with van der Waals surface area (Å²) in [5, 5.41) is 0.601. The second-order valence-electron chi connectivity index (χ2n) is 4.46. The summed E-state index contributed by atoms with van der Waals surface area (Å²) in [5.74, 6) is 0.888. The highest BCUT2D eigenvalue weighted by Gasteiger charge is 2.20. The molecule has 16 heavy (non-hydrogen) atoms. The van der Waals surface area contributed by atoms with Crippen LogP contribution in [0.15, 0.2) is 12.3 Å². The van der Waals surface area contributed by atoms with Crippen LogP contribution in [0.1, 0.15) is 32.6 Å². The number of rotatable bonds is 1. The van der Waals surface area contributed by atoms with E-state index in [2.05, 4.69) is 16.8 Å². The van der Waals surface area contributed by atoms with E-state index in [-0.39, 0.29) is 0 Å². The third-order valence-corrected chi connectivity index (χ3v) is 3.39. The minimum absolute atomic E-state index is 0.512. The molecule has 0 radical (unpaired) electrons. The van der Waals surface area contributed by atoms with Crippen LogP contribution in [0.4, 0.5) is 11.5 Å². The van der Waals surface area contributed by atoms with Crippen LogP contribution in [0.5, 0.6) is 0 Å². The molecule has 4 heteroatoms. The molecule has 0 aliphatic carbocycles. The summed E-state index contributed by atoms with van der Waals surface area (Å²) in [5.41, 5.74) is 6.66. The molecule has 1 aliphatic rings. The Labute approximate surface area is 102 Å². The fourth-order valence-corrected chi connectivity index (χ4v) is 2.44. The zero-order valence-corrected chi connectivity index (χ0v) is 10.4. The SMILES string of the molecule is CC1CCCCCN1c1ncc(Cl)cc1N. The summed E-state index contributed by atoms with van der Waals surface area (Å²) >= 11 is 5.86. The van der Waals surface area contributed by atoms with Crippen LogP contribution in [-0.2, 0) is 0 Å². The van der Waals surface area contributed by atoms with Crippen LogP contribution in [0.25, 0.3) is 0 Å². The Morgan fingerprint density at radius 2 is 2.25 bits per heavy atom. The summed E-state index contributed by atoms with van der Waals surface area (Å²) in [4.78, 5) is 6.67. The van der Waals surface area contributed by atoms with Gasteiger partial charge in [0, 0.05) is 18.8 Å². The molecule has 2 N–H and O–H groups in total. The Bertz CT molecular complexity index is 367. The number of nitrogen functional groups attached to an aromatic ring is 1. The van der Waals surface area contributed by atoms with Crippen molar-refractivity contribution in [3.05, 3.63) is 17.3 Å². The molecule has 3 nitrogen and oxygen atoms in total. The van der Waals surface area contributed by atoms with Crippen molar-refractivity contribution in [1.29, 1.82) is 0 Å². The van der Waals surface area contributed by atoms with Crippen LogP contribution in [-0.4, -0.2) is 17.6 Å². The van der Waals surface area contributed by atoms with Crippen molar-refractivity contribution in [3.8, 4) is 0 Å². The van der Waals surface area contributed by atoms with Crippen molar-refractivity contribution in [3.63, 3.8) is 0 Å². The van der Waals surface area contributed by atoms with Crippen molar-refractivity contribution in [1.82, 2.24) is 4.98 Å². The maximum Gasteiger partial charge on any atom is 0.152 e. The zero-order valence-electron chi connectivity index (χ0n) is 9.62. The van der Waals surface area contributed by atoms with E-state index in [1.807, 2.05) is 0 Å². The zero-order chi connectivity index (χ0) is 11.5. The molecular formula is C12H18ClN3. The van der Waals surface area contributed by atoms with Crippen molar-refractivity contribution >= 4 is 23.1 Å². The molecule has 1 fully saturated rings. The predicted molar refractivity (Wildman–Crippen MR) is 68.9 cm³/mol. The molecule has 1 aromatic heterocycles. The topological polar surface area (TPSA) is 42.2 Å². The largest absolute Gasteiger partial charge is 0.396 e. The molecule has 1 unspecified atom stereocenters. The molecular weight excluding hydrogens is 222 g/mol. The van der Waals surface area contributed by atoms with Gasteiger partial charge in [0.25, 0.3) is 0 Å². The van der Waals surface area contributed by atoms with E-state index in [0.29, 0.717) is 16.8 Å². The summed E-state index contributed by atoms with van der Waals surface area (Å²) in [6.45, 7) is 3.28. The van der Waals surface area contributed by atoms with E-state index in [1.54, 1.807) is 12.3 Å². The summed E-state index contributed by atoms with van der Waals surface area (Å²) in [6.07, 6.45) is 6.70. The third kappa shape index (κ3) is 2.40. The first kappa shape index (κ1) is 11.5. The van der Waals surface area contributed by atoms with E-state index in [0.717, 1.165) is 12.4 Å². The molecule has 0 aromatic carbocycles. The van der Waals surface area contributed by atoms with E-state index in [9.17, 15) is 0 Å². The lowest BCUT2D eigenvalue weighted by Crippen LogP contribution is -2.33. The van der Waals surface area contributed by atoms with Crippen LogP contribution in [0.3, 0.4) is 0 Å². The normalized spacial score (nSPS) is 21.9. The van der Waals surface area contributed by atoms with Crippen molar-refractivity contribution in [2.45, 2.75) is 38.6 Å². The van der Waals surface area contributed by atoms with Gasteiger partial charge in [0.1, 0.15) is 0 Å². The van der Waals surface area contributed by atoms with Gasteiger partial charge in [-0.15, -0.1) is 0 Å². The summed E-state index contributed by atoms with van der Waals surface area (Å²) in [6, 6.07) is 2.29. The molecule has 1 atom stereocenters. The van der Waals surface area contributed by atoms with Gasteiger partial charge in [-0.05, 0) is 25.8 Å². The van der Waals surface area contributed by atoms with Crippen LogP contribution in [0, 0.1) is 0 Å². The average Bonchev–Trinajstić information content (AvgIpc) is 2.44. The van der Waals surface area contributed by atoms with Gasteiger partial charge in [0.2, 0.25) is 0 Å². The van der Waals surface area contributed by atoms with Crippen LogP contribution in [0.2, 0.25) is 5.02 Å². The highest BCUT2D eigenvalue weighted by molar-refractivity contribution is 6.30. The smallest absolute Gasteiger partial charge is 0.152 e. The molecule has 1 saturated heterocycles. The number of pyridine rings is 1. The first-order valence-corrected chi connectivity index (χ1v) is 6.24. The predicted octanol–water partition coefficient (Wildman–Crippen LogP) is 3.09. The van der Waals surface area contributed by atoms with E-state index in [1.165, 1.54) is 25.7 Å². The Kier molecular flexibility index (Phi) is 3.54. The average molecular weight is 240 g/mol. The Balaban J connectivity index is 2.27. The summed E-state index contributed by atoms with van der Waals surface area (Å²) in [7, 11) is 0. The summed E-state index contributed by atoms with van der Waals surface area (Å²) < 4.78 is 0. The van der Waals surface area contributed by atoms with Gasteiger partial charge in [-0.3, -0.25) is 0 Å². The van der Waals surface area contributed by atoms with Gasteiger partial charge in [0.05, 0.1) is 10.7 Å². The molecule has 2 rings (SSSR count). The molecule has 1 aliphatic heterocycles. The molecule has 0 spiro atoms. The fraction of sp³-hybridized carbons (Fsp3) is 0.583. The number of anilines is 2. The second kappa shape index (κ2) is 4.91. The quantitative estimate of drug-likeness (QED) is 0.819. The minimum atomic E-state index is 0.512. The number of aromatic nitrogens is 1. The Hall–Kier alpha value is -0.960. The van der Waals surface area contributed by atoms with Crippen molar-refractivity contribution < 1.29 is 0 Å². The molecule has 0 amide bonds. The maximum absolute atomic E-state index is 5.98. The molecule has 1 aromatic rings. The monoisotopic (exact) mass is 239 g/mol. The Morgan fingerprint density at radius 1 is 1.44 bits per heavy atom. The van der Waals surface area contributed by atoms with Gasteiger partial charge in [-0.1, -0.05) is 24.4 Å². The first-order chi connectivity index (χ1) is 7.68. The molecule has 0 bridgehead atoms. The number of hydrogen-bond acceptors (Lipinski definition) is 3. The van der Waals surface area contributed by atoms with Crippen molar-refractivity contribution in [2.24, 2.45) is 0 Å². The molecule has 0 saturated carbocycles. The molecule has 2 heterocycles. The minimum Gasteiger partial charge on any atom is -0.396 e. The highest BCUT2D eigenvalue weighted by Crippen LogP contribution is 2.28. The lowest BCUT2D eigenvalue weighted by atomic mass is 10.1. The van der Waals surface area contributed by atoms with Crippen LogP contribution < -0.4 is 10.6 Å². The van der Waals surface area contributed by atoms with E-state index < -0.39 is 0 Å². The van der Waals surface area contributed by atoms with Gasteiger partial charge in [-0.25, -0.2) is 4.98 Å². The Morgan fingerprint density at radius 3 is 3.00 bits per heavy atom. The number of halogens is 1. The number of hydrogen-bond donors (Lipinski definition) is 1. The lowest BCUT2D eigenvalue weighted by molar-refractivity contribution is 0.612. The first-order valence-electron chi connectivity index (χ1n) is 5.86. The number of nitrogens with two attached hydrogens (primary N) is 1. The standard InChI is InChI=1S/C12H18ClN3/c1-9-5-3-2-4-6-16(9)12-11(14)7-10(13)8-15-12/h7-9H,2-6,14H2,1H3. The van der Waals surface area contributed by atoms with E-state index in [4.69, 9.17) is 17.3 Å². The molecule has 88 valence electrons. The second-order valence-corrected chi connectivity index (χ2v) is 4.89. The lowest BCUT2D eigenvalue weighted by Gasteiger charge is -2.29. The highest BCUT2D eigenvalue weighted by atomic mass is 35.5. The number of nitrogens with zero attached hydrogens (tertiary/aromatic N) is 2. The van der Waals surface area contributed by atoms with Gasteiger partial charge in [-0.2, -0.15) is 0 Å². The maximum atomic E-state index is 5.98. The fourth-order valence-electron chi connectivity index (χ4n) is 2.28. The van der Waals surface area contributed by atoms with Crippen LogP contribution >= 0.6 is 11.6 Å². The van der Waals surface area contributed by atoms with Gasteiger partial charge >= 0.3 is 0 Å².